The van der Waals surface area contributed by atoms with Crippen molar-refractivity contribution in [2.75, 3.05) is 17.6 Å². The largest absolute Gasteiger partial charge is 0.362 e. The third-order valence-corrected chi connectivity index (χ3v) is 4.30. The van der Waals surface area contributed by atoms with Gasteiger partial charge in [0, 0.05) is 18.1 Å². The van der Waals surface area contributed by atoms with Crippen molar-refractivity contribution in [1.82, 2.24) is 5.32 Å². The summed E-state index contributed by atoms with van der Waals surface area (Å²) in [5.74, 6) is 1.27. The van der Waals surface area contributed by atoms with Gasteiger partial charge in [-0.1, -0.05) is 30.3 Å². The van der Waals surface area contributed by atoms with Crippen molar-refractivity contribution in [3.05, 3.63) is 65.5 Å². The van der Waals surface area contributed by atoms with Gasteiger partial charge in [-0.25, -0.2) is 4.39 Å². The summed E-state index contributed by atoms with van der Waals surface area (Å²) >= 11 is 6.85. The van der Waals surface area contributed by atoms with Crippen LogP contribution in [-0.4, -0.2) is 17.4 Å². The van der Waals surface area contributed by atoms with Crippen LogP contribution in [0.2, 0.25) is 0 Å². The molecular formula is C17H16FN3S2. The summed E-state index contributed by atoms with van der Waals surface area (Å²) in [6.45, 7) is 0.666. The maximum atomic E-state index is 13.5. The van der Waals surface area contributed by atoms with Gasteiger partial charge in [0.15, 0.2) is 5.11 Å². The molecule has 0 aliphatic carbocycles. The predicted octanol–water partition coefficient (Wildman–Crippen LogP) is 3.92. The summed E-state index contributed by atoms with van der Waals surface area (Å²) in [7, 11) is 0. The number of thioether (sulfide) groups is 1. The molecule has 2 N–H and O–H groups in total. The first-order chi connectivity index (χ1) is 11.2. The number of thiocarbonyl (C=S) groups is 1. The predicted molar refractivity (Wildman–Crippen MR) is 97.9 cm³/mol. The van der Waals surface area contributed by atoms with E-state index in [4.69, 9.17) is 17.5 Å². The fourth-order valence-corrected chi connectivity index (χ4v) is 2.98. The van der Waals surface area contributed by atoms with Crippen LogP contribution in [-0.2, 0) is 5.75 Å². The number of hydrogen-bond acceptors (Lipinski definition) is 3. The van der Waals surface area contributed by atoms with Gasteiger partial charge in [-0.2, -0.15) is 17.0 Å². The van der Waals surface area contributed by atoms with Crippen LogP contribution >= 0.6 is 24.0 Å². The van der Waals surface area contributed by atoms with Crippen LogP contribution in [0, 0.1) is 17.1 Å². The topological polar surface area (TPSA) is 47.9 Å². The fraction of sp³-hybridized carbons (Fsp3) is 0.176. The first kappa shape index (κ1) is 17.3. The normalized spacial score (nSPS) is 9.91. The average Bonchev–Trinajstić information content (AvgIpc) is 2.57. The van der Waals surface area contributed by atoms with E-state index in [9.17, 15) is 4.39 Å². The molecular weight excluding hydrogens is 329 g/mol. The fourth-order valence-electron chi connectivity index (χ4n) is 1.90. The SMILES string of the molecule is N#Cc1ccccc1CSCCNC(=S)Nc1ccccc1F. The van der Waals surface area contributed by atoms with Gasteiger partial charge in [-0.3, -0.25) is 0 Å². The quantitative estimate of drug-likeness (QED) is 0.614. The van der Waals surface area contributed by atoms with Crippen LogP contribution in [0.25, 0.3) is 0 Å². The highest BCUT2D eigenvalue weighted by molar-refractivity contribution is 7.98. The van der Waals surface area contributed by atoms with Crippen molar-refractivity contribution >= 4 is 34.8 Å². The van der Waals surface area contributed by atoms with Crippen LogP contribution in [0.15, 0.2) is 48.5 Å². The van der Waals surface area contributed by atoms with Gasteiger partial charge in [-0.15, -0.1) is 0 Å². The minimum Gasteiger partial charge on any atom is -0.362 e. The molecule has 0 saturated carbocycles. The zero-order chi connectivity index (χ0) is 16.5. The Balaban J connectivity index is 1.69. The molecule has 2 rings (SSSR count). The minimum atomic E-state index is -0.334. The molecule has 0 heterocycles. The van der Waals surface area contributed by atoms with Crippen LogP contribution in [0.4, 0.5) is 10.1 Å². The summed E-state index contributed by atoms with van der Waals surface area (Å²) < 4.78 is 13.5. The van der Waals surface area contributed by atoms with Gasteiger partial charge in [0.2, 0.25) is 0 Å². The highest BCUT2D eigenvalue weighted by atomic mass is 32.2. The van der Waals surface area contributed by atoms with Crippen molar-refractivity contribution in [2.24, 2.45) is 0 Å². The summed E-state index contributed by atoms with van der Waals surface area (Å²) in [4.78, 5) is 0. The van der Waals surface area contributed by atoms with Crippen LogP contribution < -0.4 is 10.6 Å². The Morgan fingerprint density at radius 2 is 1.91 bits per heavy atom. The monoisotopic (exact) mass is 345 g/mol. The Labute approximate surface area is 144 Å². The van der Waals surface area contributed by atoms with Gasteiger partial charge < -0.3 is 10.6 Å². The summed E-state index contributed by atoms with van der Waals surface area (Å²) in [6, 6.07) is 16.2. The molecule has 0 bridgehead atoms. The number of hydrogen-bond donors (Lipinski definition) is 2. The molecule has 0 amide bonds. The molecule has 2 aromatic rings. The molecule has 0 aliphatic rings. The van der Waals surface area contributed by atoms with Crippen molar-refractivity contribution < 1.29 is 4.39 Å². The number of nitriles is 1. The first-order valence-corrected chi connectivity index (χ1v) is 8.62. The first-order valence-electron chi connectivity index (χ1n) is 7.06. The number of rotatable bonds is 6. The van der Waals surface area contributed by atoms with E-state index >= 15 is 0 Å². The third kappa shape index (κ3) is 5.55. The second-order valence-electron chi connectivity index (χ2n) is 4.68. The molecule has 6 heteroatoms. The Morgan fingerprint density at radius 1 is 1.17 bits per heavy atom. The number of anilines is 1. The molecule has 0 fully saturated rings. The molecule has 0 spiro atoms. The standard InChI is InChI=1S/C17H16FN3S2/c18-15-7-3-4-8-16(15)21-17(22)20-9-10-23-12-14-6-2-1-5-13(14)11-19/h1-8H,9-10,12H2,(H2,20,21,22). The van der Waals surface area contributed by atoms with Gasteiger partial charge in [0.1, 0.15) is 5.82 Å². The molecule has 0 aliphatic heterocycles. The van der Waals surface area contributed by atoms with Crippen molar-refractivity contribution in [3.63, 3.8) is 0 Å². The van der Waals surface area contributed by atoms with Crippen molar-refractivity contribution in [1.29, 1.82) is 5.26 Å². The minimum absolute atomic E-state index is 0.334. The van der Waals surface area contributed by atoms with Crippen LogP contribution in [0.1, 0.15) is 11.1 Å². The smallest absolute Gasteiger partial charge is 0.170 e. The molecule has 2 aromatic carbocycles. The van der Waals surface area contributed by atoms with Crippen molar-refractivity contribution in [3.8, 4) is 6.07 Å². The van der Waals surface area contributed by atoms with E-state index in [1.807, 2.05) is 24.3 Å². The lowest BCUT2D eigenvalue weighted by Gasteiger charge is -2.11. The maximum Gasteiger partial charge on any atom is 0.170 e. The summed E-state index contributed by atoms with van der Waals surface area (Å²) in [5.41, 5.74) is 2.11. The van der Waals surface area contributed by atoms with E-state index in [1.165, 1.54) is 6.07 Å². The molecule has 23 heavy (non-hydrogen) atoms. The molecule has 0 atom stereocenters. The highest BCUT2D eigenvalue weighted by Gasteiger charge is 2.03. The number of benzene rings is 2. The summed E-state index contributed by atoms with van der Waals surface area (Å²) in [5, 5.41) is 15.3. The summed E-state index contributed by atoms with van der Waals surface area (Å²) in [6.07, 6.45) is 0. The van der Waals surface area contributed by atoms with Crippen LogP contribution in [0.5, 0.6) is 0 Å². The average molecular weight is 345 g/mol. The number of para-hydroxylation sites is 1. The molecule has 0 radical (unpaired) electrons. The molecule has 0 saturated heterocycles. The Morgan fingerprint density at radius 3 is 2.70 bits per heavy atom. The third-order valence-electron chi connectivity index (χ3n) is 3.05. The molecule has 0 aromatic heterocycles. The van der Waals surface area contributed by atoms with Gasteiger partial charge in [0.05, 0.1) is 17.3 Å². The van der Waals surface area contributed by atoms with Gasteiger partial charge in [0.25, 0.3) is 0 Å². The van der Waals surface area contributed by atoms with Gasteiger partial charge in [-0.05, 0) is 36.0 Å². The lowest BCUT2D eigenvalue weighted by Crippen LogP contribution is -2.30. The van der Waals surface area contributed by atoms with E-state index in [2.05, 4.69) is 16.7 Å². The number of nitrogens with one attached hydrogen (secondary N) is 2. The van der Waals surface area contributed by atoms with E-state index in [1.54, 1.807) is 30.0 Å². The lowest BCUT2D eigenvalue weighted by molar-refractivity contribution is 0.632. The Kier molecular flexibility index (Phi) is 6.85. The van der Waals surface area contributed by atoms with E-state index in [-0.39, 0.29) is 5.82 Å². The second kappa shape index (κ2) is 9.13. The maximum absolute atomic E-state index is 13.5. The molecule has 0 unspecified atom stereocenters. The van der Waals surface area contributed by atoms with Gasteiger partial charge >= 0.3 is 0 Å². The number of halogens is 1. The van der Waals surface area contributed by atoms with E-state index in [0.717, 1.165) is 17.1 Å². The van der Waals surface area contributed by atoms with E-state index in [0.29, 0.717) is 22.9 Å². The second-order valence-corrected chi connectivity index (χ2v) is 6.20. The lowest BCUT2D eigenvalue weighted by atomic mass is 10.1. The zero-order valence-corrected chi connectivity index (χ0v) is 14.0. The Hall–Kier alpha value is -2.10. The zero-order valence-electron chi connectivity index (χ0n) is 12.4. The van der Waals surface area contributed by atoms with Crippen LogP contribution in [0.3, 0.4) is 0 Å². The van der Waals surface area contributed by atoms with Crippen molar-refractivity contribution in [2.45, 2.75) is 5.75 Å². The molecule has 3 nitrogen and oxygen atoms in total. The molecule has 118 valence electrons. The van der Waals surface area contributed by atoms with E-state index < -0.39 is 0 Å². The highest BCUT2D eigenvalue weighted by Crippen LogP contribution is 2.15. The Bertz CT molecular complexity index is 713. The number of nitrogens with zero attached hydrogens (tertiary/aromatic N) is 1.